The molecule has 0 spiro atoms. The van der Waals surface area contributed by atoms with Crippen molar-refractivity contribution >= 4 is 5.91 Å². The highest BCUT2D eigenvalue weighted by atomic mass is 16.1. The van der Waals surface area contributed by atoms with Crippen LogP contribution in [0, 0.1) is 6.92 Å². The standard InChI is InChI=1S/C13H24N4O/c1-9(2)17(10(3)4)7-6-14-13(18)12-8-15-16-11(12)5/h8-10H,6-7H2,1-5H3,(H,14,18)(H,15,16). The maximum Gasteiger partial charge on any atom is 0.254 e. The summed E-state index contributed by atoms with van der Waals surface area (Å²) in [7, 11) is 0. The topological polar surface area (TPSA) is 61.0 Å². The fourth-order valence-electron chi connectivity index (χ4n) is 2.09. The minimum absolute atomic E-state index is 0.0614. The molecule has 18 heavy (non-hydrogen) atoms. The molecule has 0 saturated heterocycles. The number of aromatic nitrogens is 2. The van der Waals surface area contributed by atoms with E-state index in [-0.39, 0.29) is 5.91 Å². The lowest BCUT2D eigenvalue weighted by Crippen LogP contribution is -2.42. The minimum atomic E-state index is -0.0614. The number of amides is 1. The van der Waals surface area contributed by atoms with Crippen LogP contribution in [0.3, 0.4) is 0 Å². The Labute approximate surface area is 109 Å². The second kappa shape index (κ2) is 6.54. The predicted molar refractivity (Wildman–Crippen MR) is 72.6 cm³/mol. The first-order valence-corrected chi connectivity index (χ1v) is 6.47. The van der Waals surface area contributed by atoms with Gasteiger partial charge in [-0.1, -0.05) is 0 Å². The van der Waals surface area contributed by atoms with Gasteiger partial charge in [-0.05, 0) is 34.6 Å². The molecular weight excluding hydrogens is 228 g/mol. The summed E-state index contributed by atoms with van der Waals surface area (Å²) in [6, 6.07) is 0.968. The van der Waals surface area contributed by atoms with Crippen molar-refractivity contribution in [1.29, 1.82) is 0 Å². The number of H-pyrrole nitrogens is 1. The number of aryl methyl sites for hydroxylation is 1. The zero-order valence-electron chi connectivity index (χ0n) is 11.9. The number of hydrogen-bond acceptors (Lipinski definition) is 3. The van der Waals surface area contributed by atoms with E-state index in [0.717, 1.165) is 12.2 Å². The lowest BCUT2D eigenvalue weighted by atomic mass is 10.2. The molecule has 0 atom stereocenters. The highest BCUT2D eigenvalue weighted by Crippen LogP contribution is 2.04. The van der Waals surface area contributed by atoms with E-state index in [1.807, 2.05) is 6.92 Å². The molecule has 0 aromatic carbocycles. The fourth-order valence-corrected chi connectivity index (χ4v) is 2.09. The summed E-state index contributed by atoms with van der Waals surface area (Å²) in [6.45, 7) is 12.0. The molecule has 1 amide bonds. The zero-order chi connectivity index (χ0) is 13.7. The van der Waals surface area contributed by atoms with E-state index >= 15 is 0 Å². The van der Waals surface area contributed by atoms with Crippen molar-refractivity contribution in [2.75, 3.05) is 13.1 Å². The van der Waals surface area contributed by atoms with Crippen LogP contribution in [0.1, 0.15) is 43.7 Å². The van der Waals surface area contributed by atoms with E-state index in [2.05, 4.69) is 48.1 Å². The molecule has 0 aliphatic heterocycles. The van der Waals surface area contributed by atoms with Crippen LogP contribution in [-0.2, 0) is 0 Å². The van der Waals surface area contributed by atoms with Gasteiger partial charge in [-0.2, -0.15) is 5.10 Å². The van der Waals surface area contributed by atoms with E-state index in [9.17, 15) is 4.79 Å². The first kappa shape index (κ1) is 14.7. The third kappa shape index (κ3) is 3.84. The molecule has 0 saturated carbocycles. The first-order valence-electron chi connectivity index (χ1n) is 6.47. The van der Waals surface area contributed by atoms with Crippen molar-refractivity contribution in [3.05, 3.63) is 17.5 Å². The lowest BCUT2D eigenvalue weighted by molar-refractivity contribution is 0.0939. The average Bonchev–Trinajstić information content (AvgIpc) is 2.69. The van der Waals surface area contributed by atoms with E-state index < -0.39 is 0 Å². The number of hydrogen-bond donors (Lipinski definition) is 2. The molecule has 1 rings (SSSR count). The van der Waals surface area contributed by atoms with Crippen molar-refractivity contribution in [2.45, 2.75) is 46.7 Å². The Kier molecular flexibility index (Phi) is 5.34. The normalized spacial score (nSPS) is 11.6. The van der Waals surface area contributed by atoms with Crippen molar-refractivity contribution in [3.63, 3.8) is 0 Å². The summed E-state index contributed by atoms with van der Waals surface area (Å²) >= 11 is 0. The SMILES string of the molecule is Cc1[nH]ncc1C(=O)NCCN(C(C)C)C(C)C. The average molecular weight is 252 g/mol. The summed E-state index contributed by atoms with van der Waals surface area (Å²) in [6.07, 6.45) is 1.56. The van der Waals surface area contributed by atoms with Crippen LogP contribution in [0.4, 0.5) is 0 Å². The number of rotatable bonds is 6. The third-order valence-corrected chi connectivity index (χ3v) is 3.06. The Bertz CT molecular complexity index is 376. The first-order chi connectivity index (χ1) is 8.43. The molecule has 5 heteroatoms. The Balaban J connectivity index is 2.42. The Morgan fingerprint density at radius 3 is 2.44 bits per heavy atom. The molecule has 0 fully saturated rings. The maximum absolute atomic E-state index is 11.9. The number of carbonyl (C=O) groups excluding carboxylic acids is 1. The van der Waals surface area contributed by atoms with E-state index in [1.54, 1.807) is 6.20 Å². The number of nitrogens with one attached hydrogen (secondary N) is 2. The van der Waals surface area contributed by atoms with Gasteiger partial charge in [0.2, 0.25) is 0 Å². The maximum atomic E-state index is 11.9. The van der Waals surface area contributed by atoms with Gasteiger partial charge >= 0.3 is 0 Å². The van der Waals surface area contributed by atoms with Gasteiger partial charge < -0.3 is 5.32 Å². The van der Waals surface area contributed by atoms with Crippen LogP contribution in [0.15, 0.2) is 6.20 Å². The molecule has 0 radical (unpaired) electrons. The lowest BCUT2D eigenvalue weighted by Gasteiger charge is -2.30. The molecule has 5 nitrogen and oxygen atoms in total. The van der Waals surface area contributed by atoms with Crippen molar-refractivity contribution in [2.24, 2.45) is 0 Å². The number of nitrogens with zero attached hydrogens (tertiary/aromatic N) is 2. The summed E-state index contributed by atoms with van der Waals surface area (Å²) in [5.41, 5.74) is 1.42. The van der Waals surface area contributed by atoms with Crippen molar-refractivity contribution in [1.82, 2.24) is 20.4 Å². The van der Waals surface area contributed by atoms with Gasteiger partial charge in [-0.15, -0.1) is 0 Å². The second-order valence-corrected chi connectivity index (χ2v) is 5.09. The Morgan fingerprint density at radius 1 is 1.39 bits per heavy atom. The number of carbonyl (C=O) groups is 1. The van der Waals surface area contributed by atoms with E-state index in [4.69, 9.17) is 0 Å². The number of aromatic amines is 1. The van der Waals surface area contributed by atoms with Gasteiger partial charge in [-0.3, -0.25) is 14.8 Å². The van der Waals surface area contributed by atoms with Crippen LogP contribution in [-0.4, -0.2) is 46.2 Å². The smallest absolute Gasteiger partial charge is 0.254 e. The van der Waals surface area contributed by atoms with Crippen LogP contribution < -0.4 is 5.32 Å². The zero-order valence-corrected chi connectivity index (χ0v) is 11.9. The molecule has 1 aromatic rings. The Morgan fingerprint density at radius 2 is 2.00 bits per heavy atom. The molecule has 2 N–H and O–H groups in total. The highest BCUT2D eigenvalue weighted by molar-refractivity contribution is 5.94. The second-order valence-electron chi connectivity index (χ2n) is 5.09. The van der Waals surface area contributed by atoms with Gasteiger partial charge in [0.1, 0.15) is 0 Å². The van der Waals surface area contributed by atoms with E-state index in [0.29, 0.717) is 24.2 Å². The highest BCUT2D eigenvalue weighted by Gasteiger charge is 2.14. The van der Waals surface area contributed by atoms with Gasteiger partial charge in [-0.25, -0.2) is 0 Å². The molecular formula is C13H24N4O. The molecule has 0 bridgehead atoms. The summed E-state index contributed by atoms with van der Waals surface area (Å²) in [4.78, 5) is 14.2. The summed E-state index contributed by atoms with van der Waals surface area (Å²) in [5, 5.41) is 9.54. The monoisotopic (exact) mass is 252 g/mol. The summed E-state index contributed by atoms with van der Waals surface area (Å²) < 4.78 is 0. The largest absolute Gasteiger partial charge is 0.351 e. The van der Waals surface area contributed by atoms with Gasteiger partial charge in [0.25, 0.3) is 5.91 Å². The van der Waals surface area contributed by atoms with Crippen molar-refractivity contribution < 1.29 is 4.79 Å². The molecule has 1 heterocycles. The predicted octanol–water partition coefficient (Wildman–Crippen LogP) is 1.57. The summed E-state index contributed by atoms with van der Waals surface area (Å²) in [5.74, 6) is -0.0614. The van der Waals surface area contributed by atoms with Crippen LogP contribution in [0.2, 0.25) is 0 Å². The van der Waals surface area contributed by atoms with Gasteiger partial charge in [0.05, 0.1) is 11.8 Å². The van der Waals surface area contributed by atoms with Crippen LogP contribution in [0.25, 0.3) is 0 Å². The van der Waals surface area contributed by atoms with Gasteiger partial charge in [0, 0.05) is 30.9 Å². The third-order valence-electron chi connectivity index (χ3n) is 3.06. The molecule has 0 unspecified atom stereocenters. The minimum Gasteiger partial charge on any atom is -0.351 e. The van der Waals surface area contributed by atoms with Crippen molar-refractivity contribution in [3.8, 4) is 0 Å². The molecule has 1 aromatic heterocycles. The Hall–Kier alpha value is -1.36. The fraction of sp³-hybridized carbons (Fsp3) is 0.692. The molecule has 102 valence electrons. The molecule has 0 aliphatic rings. The van der Waals surface area contributed by atoms with Crippen LogP contribution >= 0.6 is 0 Å². The quantitative estimate of drug-likeness (QED) is 0.808. The van der Waals surface area contributed by atoms with Gasteiger partial charge in [0.15, 0.2) is 0 Å². The van der Waals surface area contributed by atoms with E-state index in [1.165, 1.54) is 0 Å². The molecule has 0 aliphatic carbocycles. The van der Waals surface area contributed by atoms with Crippen LogP contribution in [0.5, 0.6) is 0 Å².